The molecule has 1 aliphatic heterocycles. The molecule has 3 aromatic carbocycles. The van der Waals surface area contributed by atoms with Gasteiger partial charge in [-0.15, -0.1) is 0 Å². The SMILES string of the molecule is COc1ccc2cc(OC)c(C(=O)O[C@@H]3CCCNC[C@H]3NC(=O)c3ccc(O)cc3)cc2c1. The van der Waals surface area contributed by atoms with Gasteiger partial charge >= 0.3 is 5.97 Å². The van der Waals surface area contributed by atoms with E-state index in [2.05, 4.69) is 10.6 Å². The number of phenols is 1. The summed E-state index contributed by atoms with van der Waals surface area (Å²) >= 11 is 0. The lowest BCUT2D eigenvalue weighted by Crippen LogP contribution is -2.49. The van der Waals surface area contributed by atoms with E-state index in [0.717, 1.165) is 23.7 Å². The van der Waals surface area contributed by atoms with Crippen molar-refractivity contribution >= 4 is 22.6 Å². The van der Waals surface area contributed by atoms with Gasteiger partial charge in [-0.05, 0) is 78.7 Å². The molecular formula is C26H28N2O6. The molecule has 0 radical (unpaired) electrons. The smallest absolute Gasteiger partial charge is 0.342 e. The first-order chi connectivity index (χ1) is 16.5. The van der Waals surface area contributed by atoms with Gasteiger partial charge < -0.3 is 30.0 Å². The molecule has 34 heavy (non-hydrogen) atoms. The summed E-state index contributed by atoms with van der Waals surface area (Å²) in [5.74, 6) is 0.367. The Morgan fingerprint density at radius 3 is 2.53 bits per heavy atom. The van der Waals surface area contributed by atoms with E-state index in [0.29, 0.717) is 35.6 Å². The predicted molar refractivity (Wildman–Crippen MR) is 128 cm³/mol. The molecule has 0 aromatic heterocycles. The average molecular weight is 465 g/mol. The van der Waals surface area contributed by atoms with Gasteiger partial charge in [0.1, 0.15) is 28.9 Å². The van der Waals surface area contributed by atoms with Crippen LogP contribution in [0.3, 0.4) is 0 Å². The molecule has 1 fully saturated rings. The number of rotatable bonds is 6. The third-order valence-electron chi connectivity index (χ3n) is 5.95. The fourth-order valence-electron chi connectivity index (χ4n) is 4.08. The first-order valence-corrected chi connectivity index (χ1v) is 11.2. The van der Waals surface area contributed by atoms with Crippen molar-refractivity contribution in [1.82, 2.24) is 10.6 Å². The minimum Gasteiger partial charge on any atom is -0.508 e. The Bertz CT molecular complexity index is 1180. The van der Waals surface area contributed by atoms with Crippen LogP contribution in [0.25, 0.3) is 10.8 Å². The molecule has 0 saturated carbocycles. The minimum atomic E-state index is -0.519. The van der Waals surface area contributed by atoms with Crippen LogP contribution in [0.2, 0.25) is 0 Å². The number of fused-ring (bicyclic) bond motifs is 1. The number of ether oxygens (including phenoxy) is 3. The highest BCUT2D eigenvalue weighted by atomic mass is 16.5. The molecule has 0 spiro atoms. The van der Waals surface area contributed by atoms with Crippen LogP contribution in [0.15, 0.2) is 54.6 Å². The van der Waals surface area contributed by atoms with Crippen molar-refractivity contribution in [2.24, 2.45) is 0 Å². The fourth-order valence-corrected chi connectivity index (χ4v) is 4.08. The molecule has 1 amide bonds. The van der Waals surface area contributed by atoms with Crippen LogP contribution in [0.4, 0.5) is 0 Å². The summed E-state index contributed by atoms with van der Waals surface area (Å²) in [6.07, 6.45) is 0.882. The second-order valence-corrected chi connectivity index (χ2v) is 8.18. The molecule has 0 aliphatic carbocycles. The topological polar surface area (TPSA) is 106 Å². The van der Waals surface area contributed by atoms with Crippen LogP contribution in [-0.2, 0) is 4.74 Å². The summed E-state index contributed by atoms with van der Waals surface area (Å²) in [5.41, 5.74) is 0.723. The third kappa shape index (κ3) is 5.23. The van der Waals surface area contributed by atoms with E-state index in [1.807, 2.05) is 18.2 Å². The molecule has 3 N–H and O–H groups in total. The summed E-state index contributed by atoms with van der Waals surface area (Å²) in [6.45, 7) is 1.23. The number of esters is 1. The Hall–Kier alpha value is -3.78. The highest BCUT2D eigenvalue weighted by molar-refractivity contribution is 5.99. The number of amides is 1. The predicted octanol–water partition coefficient (Wildman–Crippen LogP) is 3.27. The van der Waals surface area contributed by atoms with Gasteiger partial charge in [0.15, 0.2) is 0 Å². The quantitative estimate of drug-likeness (QED) is 0.481. The molecule has 4 rings (SSSR count). The Morgan fingerprint density at radius 1 is 1.00 bits per heavy atom. The van der Waals surface area contributed by atoms with Gasteiger partial charge in [0.05, 0.1) is 20.3 Å². The zero-order chi connectivity index (χ0) is 24.1. The number of carbonyl (C=O) groups is 2. The summed E-state index contributed by atoms with van der Waals surface area (Å²) < 4.78 is 16.7. The fraction of sp³-hybridized carbons (Fsp3) is 0.308. The van der Waals surface area contributed by atoms with Crippen molar-refractivity contribution < 1.29 is 28.9 Å². The van der Waals surface area contributed by atoms with Crippen LogP contribution in [0.5, 0.6) is 17.2 Å². The summed E-state index contributed by atoms with van der Waals surface area (Å²) in [5, 5.41) is 17.5. The number of carbonyl (C=O) groups excluding carboxylic acids is 2. The molecule has 3 aromatic rings. The van der Waals surface area contributed by atoms with Gasteiger partial charge in [0.2, 0.25) is 0 Å². The van der Waals surface area contributed by atoms with E-state index >= 15 is 0 Å². The van der Waals surface area contributed by atoms with Crippen LogP contribution in [0, 0.1) is 0 Å². The molecule has 0 unspecified atom stereocenters. The lowest BCUT2D eigenvalue weighted by atomic mass is 10.0. The molecule has 0 bridgehead atoms. The summed E-state index contributed by atoms with van der Waals surface area (Å²) in [4.78, 5) is 26.0. The van der Waals surface area contributed by atoms with Crippen LogP contribution >= 0.6 is 0 Å². The van der Waals surface area contributed by atoms with Crippen molar-refractivity contribution in [3.05, 3.63) is 65.7 Å². The number of hydrogen-bond acceptors (Lipinski definition) is 7. The molecule has 8 nitrogen and oxygen atoms in total. The number of phenolic OH excluding ortho intramolecular Hbond substituents is 1. The maximum atomic E-state index is 13.2. The maximum Gasteiger partial charge on any atom is 0.342 e. The largest absolute Gasteiger partial charge is 0.508 e. The highest BCUT2D eigenvalue weighted by Gasteiger charge is 2.30. The van der Waals surface area contributed by atoms with Crippen molar-refractivity contribution in [2.75, 3.05) is 27.3 Å². The second kappa shape index (κ2) is 10.4. The van der Waals surface area contributed by atoms with Gasteiger partial charge in [-0.2, -0.15) is 0 Å². The van der Waals surface area contributed by atoms with Crippen molar-refractivity contribution in [3.63, 3.8) is 0 Å². The van der Waals surface area contributed by atoms with E-state index in [1.165, 1.54) is 19.2 Å². The van der Waals surface area contributed by atoms with Gasteiger partial charge in [-0.3, -0.25) is 4.79 Å². The monoisotopic (exact) mass is 464 g/mol. The average Bonchev–Trinajstić information content (AvgIpc) is 3.07. The van der Waals surface area contributed by atoms with E-state index in [-0.39, 0.29) is 11.7 Å². The van der Waals surface area contributed by atoms with E-state index in [1.54, 1.807) is 31.4 Å². The first kappa shape index (κ1) is 23.4. The van der Waals surface area contributed by atoms with E-state index in [4.69, 9.17) is 14.2 Å². The van der Waals surface area contributed by atoms with Crippen LogP contribution < -0.4 is 20.1 Å². The Balaban J connectivity index is 1.56. The Kier molecular flexibility index (Phi) is 7.18. The molecule has 1 saturated heterocycles. The number of nitrogens with one attached hydrogen (secondary N) is 2. The van der Waals surface area contributed by atoms with Gasteiger partial charge in [-0.1, -0.05) is 6.07 Å². The molecule has 1 aliphatic rings. The first-order valence-electron chi connectivity index (χ1n) is 11.2. The standard InChI is InChI=1S/C26H28N2O6/c1-32-20-10-7-17-14-24(33-2)21(13-18(17)12-20)26(31)34-23-4-3-11-27-15-22(23)28-25(30)16-5-8-19(29)9-6-16/h5-10,12-14,22-23,27,29H,3-4,11,15H2,1-2H3,(H,28,30)/t22-,23-/m1/s1. The van der Waals surface area contributed by atoms with E-state index < -0.39 is 18.1 Å². The zero-order valence-corrected chi connectivity index (χ0v) is 19.2. The number of benzene rings is 3. The highest BCUT2D eigenvalue weighted by Crippen LogP contribution is 2.30. The number of hydrogen-bond donors (Lipinski definition) is 3. The van der Waals surface area contributed by atoms with Crippen LogP contribution in [0.1, 0.15) is 33.6 Å². The van der Waals surface area contributed by atoms with E-state index in [9.17, 15) is 14.7 Å². The molecule has 8 heteroatoms. The normalized spacial score (nSPS) is 18.1. The minimum absolute atomic E-state index is 0.0847. The lowest BCUT2D eigenvalue weighted by Gasteiger charge is -2.26. The lowest BCUT2D eigenvalue weighted by molar-refractivity contribution is 0.0189. The summed E-state index contributed by atoms with van der Waals surface area (Å²) in [6, 6.07) is 14.7. The second-order valence-electron chi connectivity index (χ2n) is 8.18. The van der Waals surface area contributed by atoms with Crippen molar-refractivity contribution in [1.29, 1.82) is 0 Å². The Labute approximate surface area is 197 Å². The van der Waals surface area contributed by atoms with Crippen molar-refractivity contribution in [2.45, 2.75) is 25.0 Å². The van der Waals surface area contributed by atoms with Gasteiger partial charge in [0.25, 0.3) is 5.91 Å². The maximum absolute atomic E-state index is 13.2. The van der Waals surface area contributed by atoms with Crippen molar-refractivity contribution in [3.8, 4) is 17.2 Å². The molecule has 1 heterocycles. The summed E-state index contributed by atoms with van der Waals surface area (Å²) in [7, 11) is 3.10. The Morgan fingerprint density at radius 2 is 1.79 bits per heavy atom. The zero-order valence-electron chi connectivity index (χ0n) is 19.2. The number of methoxy groups -OCH3 is 2. The molecular weight excluding hydrogens is 436 g/mol. The number of aromatic hydroxyl groups is 1. The molecule has 2 atom stereocenters. The van der Waals surface area contributed by atoms with Gasteiger partial charge in [0, 0.05) is 12.1 Å². The third-order valence-corrected chi connectivity index (χ3v) is 5.95. The van der Waals surface area contributed by atoms with Gasteiger partial charge in [-0.25, -0.2) is 4.79 Å². The molecule has 178 valence electrons. The van der Waals surface area contributed by atoms with Crippen LogP contribution in [-0.4, -0.2) is 56.4 Å².